The van der Waals surface area contributed by atoms with Gasteiger partial charge in [0.05, 0.1) is 10.7 Å². The lowest BCUT2D eigenvalue weighted by Gasteiger charge is -2.05. The minimum Gasteiger partial charge on any atom is -0.468 e. The Hall–Kier alpha value is 0.01000. The third-order valence-corrected chi connectivity index (χ3v) is 2.37. The zero-order valence-electron chi connectivity index (χ0n) is 6.92. The van der Waals surface area contributed by atoms with Gasteiger partial charge in [-0.1, -0.05) is 6.92 Å². The molecule has 0 aromatic carbocycles. The molecule has 2 nitrogen and oxygen atoms in total. The zero-order chi connectivity index (χ0) is 8.27. The lowest BCUT2D eigenvalue weighted by molar-refractivity contribution is 0.478. The molecule has 4 heteroatoms. The average molecular weight is 255 g/mol. The molecule has 1 aromatic rings. The summed E-state index contributed by atoms with van der Waals surface area (Å²) in [4.78, 5) is 0. The quantitative estimate of drug-likeness (QED) is 0.901. The lowest BCUT2D eigenvalue weighted by Crippen LogP contribution is -2.21. The van der Waals surface area contributed by atoms with Crippen LogP contribution in [0.1, 0.15) is 19.1 Å². The van der Waals surface area contributed by atoms with Crippen molar-refractivity contribution in [1.82, 2.24) is 0 Å². The maximum absolute atomic E-state index is 5.75. The summed E-state index contributed by atoms with van der Waals surface area (Å²) in [6, 6.07) is 2.09. The van der Waals surface area contributed by atoms with E-state index in [4.69, 9.17) is 10.2 Å². The second-order valence-corrected chi connectivity index (χ2v) is 3.42. The molecule has 0 saturated carbocycles. The Bertz CT molecular complexity index is 227. The molecule has 1 heterocycles. The Balaban J connectivity index is 0.00000121. The van der Waals surface area contributed by atoms with Gasteiger partial charge in [-0.05, 0) is 28.4 Å². The molecule has 0 amide bonds. The van der Waals surface area contributed by atoms with Crippen LogP contribution < -0.4 is 5.73 Å². The fourth-order valence-corrected chi connectivity index (χ4v) is 1.22. The van der Waals surface area contributed by atoms with Crippen molar-refractivity contribution in [2.75, 3.05) is 0 Å². The second-order valence-electron chi connectivity index (χ2n) is 2.56. The van der Waals surface area contributed by atoms with E-state index in [1.165, 1.54) is 0 Å². The van der Waals surface area contributed by atoms with Crippen LogP contribution in [-0.2, 0) is 6.42 Å². The van der Waals surface area contributed by atoms with E-state index in [9.17, 15) is 0 Å². The summed E-state index contributed by atoms with van der Waals surface area (Å²) in [6.07, 6.45) is 3.46. The Morgan fingerprint density at radius 2 is 2.33 bits per heavy atom. The van der Waals surface area contributed by atoms with Gasteiger partial charge in [0.15, 0.2) is 0 Å². The molecule has 0 aliphatic rings. The van der Waals surface area contributed by atoms with E-state index in [1.807, 2.05) is 6.07 Å². The minimum absolute atomic E-state index is 0. The summed E-state index contributed by atoms with van der Waals surface area (Å²) in [5.41, 5.74) is 5.75. The summed E-state index contributed by atoms with van der Waals surface area (Å²) in [7, 11) is 0. The topological polar surface area (TPSA) is 39.2 Å². The van der Waals surface area contributed by atoms with Crippen molar-refractivity contribution >= 4 is 28.3 Å². The van der Waals surface area contributed by atoms with E-state index in [-0.39, 0.29) is 18.4 Å². The predicted octanol–water partition coefficient (Wildman–Crippen LogP) is 2.74. The summed E-state index contributed by atoms with van der Waals surface area (Å²) in [5, 5.41) is 0. The molecule has 2 N–H and O–H groups in total. The molecular formula is C8H13BrClNO. The van der Waals surface area contributed by atoms with Gasteiger partial charge in [-0.15, -0.1) is 12.4 Å². The summed E-state index contributed by atoms with van der Waals surface area (Å²) < 4.78 is 6.23. The van der Waals surface area contributed by atoms with Gasteiger partial charge in [0.2, 0.25) is 0 Å². The van der Waals surface area contributed by atoms with Crippen molar-refractivity contribution in [3.8, 4) is 0 Å². The van der Waals surface area contributed by atoms with E-state index in [0.29, 0.717) is 0 Å². The SMILES string of the molecule is CCC(N)Cc1occc1Br.Cl. The first-order valence-corrected chi connectivity index (χ1v) is 4.50. The first-order chi connectivity index (χ1) is 5.24. The number of halogens is 2. The maximum Gasteiger partial charge on any atom is 0.119 e. The number of hydrogen-bond acceptors (Lipinski definition) is 2. The molecule has 0 fully saturated rings. The molecular weight excluding hydrogens is 241 g/mol. The second kappa shape index (κ2) is 5.62. The minimum atomic E-state index is 0. The molecule has 0 aliphatic heterocycles. The third kappa shape index (κ3) is 3.17. The fraction of sp³-hybridized carbons (Fsp3) is 0.500. The van der Waals surface area contributed by atoms with Crippen LogP contribution in [0.3, 0.4) is 0 Å². The van der Waals surface area contributed by atoms with Crippen molar-refractivity contribution in [3.63, 3.8) is 0 Å². The first-order valence-electron chi connectivity index (χ1n) is 3.71. The van der Waals surface area contributed by atoms with Crippen LogP contribution in [0, 0.1) is 0 Å². The molecule has 0 radical (unpaired) electrons. The van der Waals surface area contributed by atoms with Gasteiger partial charge in [-0.3, -0.25) is 0 Å². The van der Waals surface area contributed by atoms with Crippen LogP contribution in [-0.4, -0.2) is 6.04 Å². The molecule has 0 saturated heterocycles. The highest BCUT2D eigenvalue weighted by Gasteiger charge is 2.07. The number of nitrogens with two attached hydrogens (primary N) is 1. The van der Waals surface area contributed by atoms with Gasteiger partial charge < -0.3 is 10.2 Å². The Kier molecular flexibility index (Phi) is 5.63. The van der Waals surface area contributed by atoms with E-state index < -0.39 is 0 Å². The van der Waals surface area contributed by atoms with E-state index in [1.54, 1.807) is 6.26 Å². The smallest absolute Gasteiger partial charge is 0.119 e. The highest BCUT2D eigenvalue weighted by molar-refractivity contribution is 9.10. The Morgan fingerprint density at radius 3 is 2.75 bits per heavy atom. The van der Waals surface area contributed by atoms with Crippen molar-refractivity contribution in [2.24, 2.45) is 5.73 Å². The number of furan rings is 1. The van der Waals surface area contributed by atoms with Crippen molar-refractivity contribution in [3.05, 3.63) is 22.6 Å². The lowest BCUT2D eigenvalue weighted by atomic mass is 10.1. The van der Waals surface area contributed by atoms with Crippen LogP contribution in [0.25, 0.3) is 0 Å². The van der Waals surface area contributed by atoms with Crippen LogP contribution in [0.15, 0.2) is 21.2 Å². The highest BCUT2D eigenvalue weighted by atomic mass is 79.9. The van der Waals surface area contributed by atoms with Crippen LogP contribution in [0.5, 0.6) is 0 Å². The first kappa shape index (κ1) is 12.0. The molecule has 70 valence electrons. The normalized spacial score (nSPS) is 12.2. The zero-order valence-corrected chi connectivity index (χ0v) is 9.32. The monoisotopic (exact) mass is 253 g/mol. The molecule has 1 unspecified atom stereocenters. The molecule has 0 bridgehead atoms. The Morgan fingerprint density at radius 1 is 1.67 bits per heavy atom. The largest absolute Gasteiger partial charge is 0.468 e. The molecule has 1 aromatic heterocycles. The Labute approximate surface area is 87.0 Å². The van der Waals surface area contributed by atoms with Crippen molar-refractivity contribution in [2.45, 2.75) is 25.8 Å². The predicted molar refractivity (Wildman–Crippen MR) is 55.6 cm³/mol. The van der Waals surface area contributed by atoms with E-state index >= 15 is 0 Å². The molecule has 1 rings (SSSR count). The van der Waals surface area contributed by atoms with Gasteiger partial charge in [0.1, 0.15) is 5.76 Å². The van der Waals surface area contributed by atoms with Crippen LogP contribution in [0.4, 0.5) is 0 Å². The van der Waals surface area contributed by atoms with Gasteiger partial charge in [0.25, 0.3) is 0 Å². The molecule has 1 atom stereocenters. The van der Waals surface area contributed by atoms with Gasteiger partial charge in [0, 0.05) is 12.5 Å². The van der Waals surface area contributed by atoms with Crippen LogP contribution in [0.2, 0.25) is 0 Å². The summed E-state index contributed by atoms with van der Waals surface area (Å²) in [5.74, 6) is 0.944. The fourth-order valence-electron chi connectivity index (χ4n) is 0.853. The third-order valence-electron chi connectivity index (χ3n) is 1.66. The van der Waals surface area contributed by atoms with Gasteiger partial charge >= 0.3 is 0 Å². The number of hydrogen-bond donors (Lipinski definition) is 1. The standard InChI is InChI=1S/C8H12BrNO.ClH/c1-2-6(10)5-8-7(9)3-4-11-8;/h3-4,6H,2,5,10H2,1H3;1H. The summed E-state index contributed by atoms with van der Waals surface area (Å²) >= 11 is 3.37. The summed E-state index contributed by atoms with van der Waals surface area (Å²) in [6.45, 7) is 2.07. The molecule has 0 spiro atoms. The van der Waals surface area contributed by atoms with E-state index in [2.05, 4.69) is 22.9 Å². The molecule has 0 aliphatic carbocycles. The maximum atomic E-state index is 5.75. The number of rotatable bonds is 3. The molecule has 12 heavy (non-hydrogen) atoms. The van der Waals surface area contributed by atoms with Gasteiger partial charge in [-0.25, -0.2) is 0 Å². The van der Waals surface area contributed by atoms with E-state index in [0.717, 1.165) is 23.1 Å². The van der Waals surface area contributed by atoms with Crippen LogP contribution >= 0.6 is 28.3 Å². The van der Waals surface area contributed by atoms with Crippen molar-refractivity contribution in [1.29, 1.82) is 0 Å². The van der Waals surface area contributed by atoms with Crippen molar-refractivity contribution < 1.29 is 4.42 Å². The average Bonchev–Trinajstić information content (AvgIpc) is 2.37. The highest BCUT2D eigenvalue weighted by Crippen LogP contribution is 2.18. The van der Waals surface area contributed by atoms with Gasteiger partial charge in [-0.2, -0.15) is 0 Å².